The second-order valence-electron chi connectivity index (χ2n) is 5.83. The van der Waals surface area contributed by atoms with Crippen LogP contribution in [0.1, 0.15) is 32.4 Å². The molecule has 1 saturated heterocycles. The largest absolute Gasteiger partial charge is 0.370 e. The molecule has 1 aliphatic heterocycles. The Kier molecular flexibility index (Phi) is 3.92. The van der Waals surface area contributed by atoms with Crippen molar-refractivity contribution in [3.05, 3.63) is 35.9 Å². The van der Waals surface area contributed by atoms with E-state index >= 15 is 0 Å². The minimum atomic E-state index is -0.383. The Morgan fingerprint density at radius 2 is 2.05 bits per heavy atom. The van der Waals surface area contributed by atoms with Gasteiger partial charge in [0.15, 0.2) is 0 Å². The van der Waals surface area contributed by atoms with Crippen molar-refractivity contribution in [2.45, 2.75) is 38.5 Å². The molecule has 4 nitrogen and oxygen atoms in total. The maximum absolute atomic E-state index is 11.9. The summed E-state index contributed by atoms with van der Waals surface area (Å²) in [4.78, 5) is 14.0. The summed E-state index contributed by atoms with van der Waals surface area (Å²) in [5, 5.41) is 0. The fourth-order valence-electron chi connectivity index (χ4n) is 2.89. The van der Waals surface area contributed by atoms with Gasteiger partial charge < -0.3 is 10.5 Å². The molecule has 104 valence electrons. The summed E-state index contributed by atoms with van der Waals surface area (Å²) in [6.07, 6.45) is 0.0920. The highest BCUT2D eigenvalue weighted by molar-refractivity contribution is 5.81. The molecule has 2 rings (SSSR count). The highest BCUT2D eigenvalue weighted by atomic mass is 16.5. The molecule has 2 N–H and O–H groups in total. The van der Waals surface area contributed by atoms with E-state index in [0.29, 0.717) is 13.1 Å². The first-order valence-corrected chi connectivity index (χ1v) is 6.65. The van der Waals surface area contributed by atoms with E-state index in [1.54, 1.807) is 0 Å². The number of morpholine rings is 1. The van der Waals surface area contributed by atoms with E-state index in [2.05, 4.69) is 4.90 Å². The molecule has 1 amide bonds. The van der Waals surface area contributed by atoms with Crippen molar-refractivity contribution in [3.63, 3.8) is 0 Å². The van der Waals surface area contributed by atoms with E-state index in [4.69, 9.17) is 10.5 Å². The lowest BCUT2D eigenvalue weighted by atomic mass is 9.99. The summed E-state index contributed by atoms with van der Waals surface area (Å²) in [7, 11) is 0. The molecule has 1 aromatic carbocycles. The van der Waals surface area contributed by atoms with Crippen molar-refractivity contribution in [2.75, 3.05) is 13.1 Å². The molecule has 4 heteroatoms. The fourth-order valence-corrected chi connectivity index (χ4v) is 2.89. The minimum absolute atomic E-state index is 0.0920. The van der Waals surface area contributed by atoms with Crippen LogP contribution in [-0.4, -0.2) is 35.6 Å². The lowest BCUT2D eigenvalue weighted by Crippen LogP contribution is -2.54. The van der Waals surface area contributed by atoms with Gasteiger partial charge in [-0.2, -0.15) is 0 Å². The van der Waals surface area contributed by atoms with Crippen LogP contribution >= 0.6 is 0 Å². The number of carbonyl (C=O) groups is 1. The summed E-state index contributed by atoms with van der Waals surface area (Å²) in [6.45, 7) is 7.51. The van der Waals surface area contributed by atoms with Crippen LogP contribution in [0, 0.1) is 0 Å². The molecular weight excluding hydrogens is 240 g/mol. The SMILES string of the molecule is C[C@@H]1CN([C@H](C(N)=O)c2ccccc2)CC(C)(C)O1. The fraction of sp³-hybridized carbons (Fsp3) is 0.533. The summed E-state index contributed by atoms with van der Waals surface area (Å²) in [5.41, 5.74) is 6.29. The van der Waals surface area contributed by atoms with Crippen LogP contribution in [0.2, 0.25) is 0 Å². The van der Waals surface area contributed by atoms with Crippen LogP contribution in [0.3, 0.4) is 0 Å². The maximum atomic E-state index is 11.9. The van der Waals surface area contributed by atoms with Crippen molar-refractivity contribution in [3.8, 4) is 0 Å². The topological polar surface area (TPSA) is 55.6 Å². The Bertz CT molecular complexity index is 445. The number of ether oxygens (including phenoxy) is 1. The lowest BCUT2D eigenvalue weighted by molar-refractivity contribution is -0.148. The zero-order chi connectivity index (χ0) is 14.0. The number of amides is 1. The van der Waals surface area contributed by atoms with Crippen molar-refractivity contribution >= 4 is 5.91 Å². The Balaban J connectivity index is 2.27. The minimum Gasteiger partial charge on any atom is -0.370 e. The Morgan fingerprint density at radius 1 is 1.42 bits per heavy atom. The molecule has 0 spiro atoms. The molecule has 2 atom stereocenters. The van der Waals surface area contributed by atoms with Crippen LogP contribution < -0.4 is 5.73 Å². The molecule has 0 aliphatic carbocycles. The molecule has 1 heterocycles. The van der Waals surface area contributed by atoms with E-state index in [9.17, 15) is 4.79 Å². The summed E-state index contributed by atoms with van der Waals surface area (Å²) >= 11 is 0. The Morgan fingerprint density at radius 3 is 2.58 bits per heavy atom. The lowest BCUT2D eigenvalue weighted by Gasteiger charge is -2.44. The van der Waals surface area contributed by atoms with Gasteiger partial charge in [0.25, 0.3) is 0 Å². The molecule has 1 fully saturated rings. The van der Waals surface area contributed by atoms with Crippen molar-refractivity contribution in [1.29, 1.82) is 0 Å². The summed E-state index contributed by atoms with van der Waals surface area (Å²) < 4.78 is 5.88. The van der Waals surface area contributed by atoms with E-state index < -0.39 is 0 Å². The standard InChI is InChI=1S/C15H22N2O2/c1-11-9-17(10-15(2,3)19-11)13(14(16)18)12-7-5-4-6-8-12/h4-8,11,13H,9-10H2,1-3H3,(H2,16,18)/t11-,13+/m1/s1. The molecule has 0 aromatic heterocycles. The van der Waals surface area contributed by atoms with E-state index in [1.807, 2.05) is 51.1 Å². The van der Waals surface area contributed by atoms with Gasteiger partial charge >= 0.3 is 0 Å². The number of benzene rings is 1. The molecule has 0 unspecified atom stereocenters. The van der Waals surface area contributed by atoms with Gasteiger partial charge in [0.05, 0.1) is 11.7 Å². The number of hydrogen-bond acceptors (Lipinski definition) is 3. The molecule has 0 saturated carbocycles. The van der Waals surface area contributed by atoms with Crippen LogP contribution in [0.4, 0.5) is 0 Å². The molecule has 1 aromatic rings. The van der Waals surface area contributed by atoms with Crippen molar-refractivity contribution in [2.24, 2.45) is 5.73 Å². The van der Waals surface area contributed by atoms with Crippen LogP contribution in [0.5, 0.6) is 0 Å². The number of nitrogens with zero attached hydrogens (tertiary/aromatic N) is 1. The number of carbonyl (C=O) groups excluding carboxylic acids is 1. The van der Waals surface area contributed by atoms with Crippen LogP contribution in [0.15, 0.2) is 30.3 Å². The van der Waals surface area contributed by atoms with Crippen LogP contribution in [0.25, 0.3) is 0 Å². The third-order valence-corrected chi connectivity index (χ3v) is 3.35. The van der Waals surface area contributed by atoms with E-state index in [1.165, 1.54) is 0 Å². The maximum Gasteiger partial charge on any atom is 0.239 e. The molecule has 1 aliphatic rings. The quantitative estimate of drug-likeness (QED) is 0.902. The normalized spacial score (nSPS) is 24.9. The van der Waals surface area contributed by atoms with E-state index in [0.717, 1.165) is 5.56 Å². The van der Waals surface area contributed by atoms with Gasteiger partial charge in [-0.1, -0.05) is 30.3 Å². The highest BCUT2D eigenvalue weighted by Crippen LogP contribution is 2.28. The number of hydrogen-bond donors (Lipinski definition) is 1. The zero-order valence-corrected chi connectivity index (χ0v) is 11.8. The second kappa shape index (κ2) is 5.31. The summed E-state index contributed by atoms with van der Waals surface area (Å²) in [5.74, 6) is -0.309. The van der Waals surface area contributed by atoms with Gasteiger partial charge in [-0.05, 0) is 26.3 Å². The van der Waals surface area contributed by atoms with Gasteiger partial charge in [0.1, 0.15) is 6.04 Å². The zero-order valence-electron chi connectivity index (χ0n) is 11.8. The smallest absolute Gasteiger partial charge is 0.239 e. The van der Waals surface area contributed by atoms with Gasteiger partial charge in [-0.25, -0.2) is 0 Å². The molecular formula is C15H22N2O2. The van der Waals surface area contributed by atoms with E-state index in [-0.39, 0.29) is 23.7 Å². The summed E-state index contributed by atoms with van der Waals surface area (Å²) in [6, 6.07) is 9.31. The predicted molar refractivity (Wildman–Crippen MR) is 74.6 cm³/mol. The molecule has 0 radical (unpaired) electrons. The van der Waals surface area contributed by atoms with Crippen LogP contribution in [-0.2, 0) is 9.53 Å². The van der Waals surface area contributed by atoms with Crippen molar-refractivity contribution < 1.29 is 9.53 Å². The molecule has 0 bridgehead atoms. The number of rotatable bonds is 3. The average Bonchev–Trinajstić information content (AvgIpc) is 2.27. The van der Waals surface area contributed by atoms with Gasteiger partial charge in [-0.3, -0.25) is 9.69 Å². The van der Waals surface area contributed by atoms with Gasteiger partial charge in [0, 0.05) is 13.1 Å². The first-order chi connectivity index (χ1) is 8.89. The Hall–Kier alpha value is -1.39. The number of primary amides is 1. The molecule has 19 heavy (non-hydrogen) atoms. The van der Waals surface area contributed by atoms with Crippen molar-refractivity contribution in [1.82, 2.24) is 4.90 Å². The first-order valence-electron chi connectivity index (χ1n) is 6.65. The Labute approximate surface area is 114 Å². The highest BCUT2D eigenvalue weighted by Gasteiger charge is 2.37. The third-order valence-electron chi connectivity index (χ3n) is 3.35. The average molecular weight is 262 g/mol. The van der Waals surface area contributed by atoms with Gasteiger partial charge in [0.2, 0.25) is 5.91 Å². The predicted octanol–water partition coefficient (Wildman–Crippen LogP) is 1.71. The third kappa shape index (κ3) is 3.33. The first kappa shape index (κ1) is 14.0. The van der Waals surface area contributed by atoms with Gasteiger partial charge in [-0.15, -0.1) is 0 Å². The second-order valence-corrected chi connectivity index (χ2v) is 5.83. The monoisotopic (exact) mass is 262 g/mol. The number of nitrogens with two attached hydrogens (primary N) is 1.